The molecular weight excluding hydrogens is 156 g/mol. The van der Waals surface area contributed by atoms with E-state index in [2.05, 4.69) is 20.8 Å². The van der Waals surface area contributed by atoms with Crippen molar-refractivity contribution in [3.8, 4) is 5.75 Å². The van der Waals surface area contributed by atoms with Crippen molar-refractivity contribution in [2.45, 2.75) is 27.2 Å². The van der Waals surface area contributed by atoms with Crippen molar-refractivity contribution in [2.75, 3.05) is 0 Å². The van der Waals surface area contributed by atoms with Crippen molar-refractivity contribution in [3.63, 3.8) is 0 Å². The Morgan fingerprint density at radius 1 is 1.45 bits per heavy atom. The number of aromatic hydroxyl groups is 1. The van der Waals surface area contributed by atoms with Crippen LogP contribution in [0.2, 0.25) is 0 Å². The van der Waals surface area contributed by atoms with Crippen molar-refractivity contribution in [1.29, 1.82) is 0 Å². The summed E-state index contributed by atoms with van der Waals surface area (Å²) >= 11 is 1.63. The van der Waals surface area contributed by atoms with Crippen molar-refractivity contribution >= 4 is 11.3 Å². The summed E-state index contributed by atoms with van der Waals surface area (Å²) in [7, 11) is 0. The van der Waals surface area contributed by atoms with E-state index in [9.17, 15) is 0 Å². The lowest BCUT2D eigenvalue weighted by Gasteiger charge is -2.15. The molecule has 0 unspecified atom stereocenters. The summed E-state index contributed by atoms with van der Waals surface area (Å²) in [6.45, 7) is 6.59. The fourth-order valence-corrected chi connectivity index (χ4v) is 2.03. The highest BCUT2D eigenvalue weighted by Gasteiger charge is 2.12. The van der Waals surface area contributed by atoms with Gasteiger partial charge in [-0.3, -0.25) is 0 Å². The Morgan fingerprint density at radius 2 is 2.09 bits per heavy atom. The maximum Gasteiger partial charge on any atom is 0.126 e. The third-order valence-electron chi connectivity index (χ3n) is 1.34. The quantitative estimate of drug-likeness (QED) is 0.686. The maximum atomic E-state index is 9.06. The third kappa shape index (κ3) is 2.93. The van der Waals surface area contributed by atoms with E-state index in [1.807, 2.05) is 6.07 Å². The minimum Gasteiger partial charge on any atom is -0.507 e. The number of rotatable bonds is 1. The maximum absolute atomic E-state index is 9.06. The zero-order valence-corrected chi connectivity index (χ0v) is 8.03. The molecular formula is C9H14OS. The average Bonchev–Trinajstić information content (AvgIpc) is 2.10. The summed E-state index contributed by atoms with van der Waals surface area (Å²) in [5, 5.41) is 10.8. The van der Waals surface area contributed by atoms with Crippen LogP contribution in [0.5, 0.6) is 5.75 Å². The molecule has 1 N–H and O–H groups in total. The van der Waals surface area contributed by atoms with Gasteiger partial charge in [-0.25, -0.2) is 0 Å². The zero-order chi connectivity index (χ0) is 8.48. The van der Waals surface area contributed by atoms with Crippen LogP contribution in [-0.2, 0) is 6.42 Å². The van der Waals surface area contributed by atoms with Gasteiger partial charge in [-0.05, 0) is 17.9 Å². The molecule has 1 rings (SSSR count). The molecule has 1 heterocycles. The lowest BCUT2D eigenvalue weighted by Crippen LogP contribution is -2.07. The summed E-state index contributed by atoms with van der Waals surface area (Å²) in [5.74, 6) is 0.397. The summed E-state index contributed by atoms with van der Waals surface area (Å²) < 4.78 is 0. The normalized spacial score (nSPS) is 11.9. The molecule has 0 radical (unpaired) electrons. The van der Waals surface area contributed by atoms with Gasteiger partial charge in [0.15, 0.2) is 0 Å². The smallest absolute Gasteiger partial charge is 0.126 e. The molecule has 0 saturated carbocycles. The Kier molecular flexibility index (Phi) is 2.23. The summed E-state index contributed by atoms with van der Waals surface area (Å²) in [6, 6.07) is 1.84. The monoisotopic (exact) mass is 170 g/mol. The van der Waals surface area contributed by atoms with Crippen molar-refractivity contribution < 1.29 is 5.11 Å². The van der Waals surface area contributed by atoms with Crippen molar-refractivity contribution in [2.24, 2.45) is 5.41 Å². The molecule has 1 aromatic heterocycles. The Bertz CT molecular complexity index is 232. The van der Waals surface area contributed by atoms with E-state index in [1.165, 1.54) is 4.88 Å². The summed E-state index contributed by atoms with van der Waals surface area (Å²) in [5.41, 5.74) is 0.317. The second-order valence-corrected chi connectivity index (χ2v) is 5.00. The molecule has 0 bridgehead atoms. The van der Waals surface area contributed by atoms with E-state index in [0.717, 1.165) is 6.42 Å². The second kappa shape index (κ2) is 2.86. The van der Waals surface area contributed by atoms with Gasteiger partial charge >= 0.3 is 0 Å². The molecule has 0 atom stereocenters. The second-order valence-electron chi connectivity index (χ2n) is 4.01. The van der Waals surface area contributed by atoms with Gasteiger partial charge < -0.3 is 5.11 Å². The van der Waals surface area contributed by atoms with Crippen LogP contribution in [0.3, 0.4) is 0 Å². The van der Waals surface area contributed by atoms with Gasteiger partial charge in [0.25, 0.3) is 0 Å². The highest BCUT2D eigenvalue weighted by atomic mass is 32.1. The Hall–Kier alpha value is -0.500. The first-order valence-corrected chi connectivity index (χ1v) is 4.62. The highest BCUT2D eigenvalue weighted by molar-refractivity contribution is 7.10. The molecule has 11 heavy (non-hydrogen) atoms. The standard InChI is InChI=1S/C9H14OS/c1-9(2,3)5-8-4-7(10)6-11-8/h4,6,10H,5H2,1-3H3. The number of hydrogen-bond donors (Lipinski definition) is 1. The van der Waals surface area contributed by atoms with Crippen molar-refractivity contribution in [3.05, 3.63) is 16.3 Å². The van der Waals surface area contributed by atoms with E-state index in [4.69, 9.17) is 5.11 Å². The predicted molar refractivity (Wildman–Crippen MR) is 49.1 cm³/mol. The van der Waals surface area contributed by atoms with Gasteiger partial charge in [0.1, 0.15) is 5.75 Å². The van der Waals surface area contributed by atoms with E-state index >= 15 is 0 Å². The van der Waals surface area contributed by atoms with Gasteiger partial charge in [0.2, 0.25) is 0 Å². The van der Waals surface area contributed by atoms with Crippen LogP contribution < -0.4 is 0 Å². The van der Waals surface area contributed by atoms with Gasteiger partial charge in [0, 0.05) is 10.3 Å². The minimum absolute atomic E-state index is 0.317. The molecule has 2 heteroatoms. The third-order valence-corrected chi connectivity index (χ3v) is 2.27. The zero-order valence-electron chi connectivity index (χ0n) is 7.22. The van der Waals surface area contributed by atoms with Crippen LogP contribution in [0, 0.1) is 5.41 Å². The molecule has 0 aliphatic heterocycles. The Balaban J connectivity index is 2.65. The predicted octanol–water partition coefficient (Wildman–Crippen LogP) is 3.04. The highest BCUT2D eigenvalue weighted by Crippen LogP contribution is 2.27. The molecule has 62 valence electrons. The summed E-state index contributed by atoms with van der Waals surface area (Å²) in [4.78, 5) is 1.26. The van der Waals surface area contributed by atoms with E-state index in [0.29, 0.717) is 11.2 Å². The molecule has 0 aliphatic rings. The first-order valence-electron chi connectivity index (χ1n) is 3.74. The van der Waals surface area contributed by atoms with E-state index in [1.54, 1.807) is 16.7 Å². The molecule has 1 nitrogen and oxygen atoms in total. The topological polar surface area (TPSA) is 20.2 Å². The van der Waals surface area contributed by atoms with Crippen LogP contribution in [0.4, 0.5) is 0 Å². The Labute approximate surface area is 71.7 Å². The fourth-order valence-electron chi connectivity index (χ4n) is 0.984. The van der Waals surface area contributed by atoms with Crippen molar-refractivity contribution in [1.82, 2.24) is 0 Å². The average molecular weight is 170 g/mol. The van der Waals surface area contributed by atoms with Gasteiger partial charge in [-0.2, -0.15) is 0 Å². The molecule has 1 aromatic rings. The largest absolute Gasteiger partial charge is 0.507 e. The molecule has 0 fully saturated rings. The molecule has 0 amide bonds. The van der Waals surface area contributed by atoms with Crippen LogP contribution in [0.25, 0.3) is 0 Å². The lowest BCUT2D eigenvalue weighted by atomic mass is 9.92. The molecule has 0 aliphatic carbocycles. The molecule has 0 aromatic carbocycles. The van der Waals surface area contributed by atoms with Gasteiger partial charge in [-0.15, -0.1) is 11.3 Å². The first-order chi connectivity index (χ1) is 4.97. The Morgan fingerprint density at radius 3 is 2.45 bits per heavy atom. The first kappa shape index (κ1) is 8.60. The van der Waals surface area contributed by atoms with Crippen LogP contribution in [-0.4, -0.2) is 5.11 Å². The van der Waals surface area contributed by atoms with Crippen LogP contribution in [0.15, 0.2) is 11.4 Å². The van der Waals surface area contributed by atoms with Gasteiger partial charge in [-0.1, -0.05) is 20.8 Å². The fraction of sp³-hybridized carbons (Fsp3) is 0.556. The minimum atomic E-state index is 0.317. The molecule has 0 saturated heterocycles. The van der Waals surface area contributed by atoms with E-state index in [-0.39, 0.29) is 0 Å². The van der Waals surface area contributed by atoms with Crippen LogP contribution >= 0.6 is 11.3 Å². The lowest BCUT2D eigenvalue weighted by molar-refractivity contribution is 0.413. The molecule has 0 spiro atoms. The number of thiophene rings is 1. The summed E-state index contributed by atoms with van der Waals surface area (Å²) in [6.07, 6.45) is 1.04. The van der Waals surface area contributed by atoms with E-state index < -0.39 is 0 Å². The van der Waals surface area contributed by atoms with Gasteiger partial charge in [0.05, 0.1) is 0 Å². The SMILES string of the molecule is CC(C)(C)Cc1cc(O)cs1. The number of hydrogen-bond acceptors (Lipinski definition) is 2. The van der Waals surface area contributed by atoms with Crippen LogP contribution in [0.1, 0.15) is 25.6 Å².